The lowest BCUT2D eigenvalue weighted by Crippen LogP contribution is -2.45. The first kappa shape index (κ1) is 14.6. The molecular weight excluding hydrogens is 252 g/mol. The van der Waals surface area contributed by atoms with Gasteiger partial charge < -0.3 is 4.90 Å². The third-order valence-electron chi connectivity index (χ3n) is 4.00. The van der Waals surface area contributed by atoms with Gasteiger partial charge in [-0.25, -0.2) is 0 Å². The lowest BCUT2D eigenvalue weighted by atomic mass is 9.92. The van der Waals surface area contributed by atoms with Crippen molar-refractivity contribution in [3.05, 3.63) is 18.0 Å². The molecule has 0 spiro atoms. The largest absolute Gasteiger partial charge is 0.341 e. The van der Waals surface area contributed by atoms with Gasteiger partial charge in [0.15, 0.2) is 0 Å². The van der Waals surface area contributed by atoms with Crippen molar-refractivity contribution >= 4 is 5.91 Å². The third-order valence-corrected chi connectivity index (χ3v) is 4.00. The molecule has 1 fully saturated rings. The number of rotatable bonds is 3. The van der Waals surface area contributed by atoms with E-state index in [-0.39, 0.29) is 5.91 Å². The van der Waals surface area contributed by atoms with Crippen molar-refractivity contribution in [2.24, 2.45) is 5.41 Å². The molecule has 1 saturated heterocycles. The summed E-state index contributed by atoms with van der Waals surface area (Å²) in [5, 5.41) is 13.4. The van der Waals surface area contributed by atoms with Crippen molar-refractivity contribution in [2.75, 3.05) is 13.1 Å². The Morgan fingerprint density at radius 1 is 1.50 bits per heavy atom. The summed E-state index contributed by atoms with van der Waals surface area (Å²) < 4.78 is 2.02. The fourth-order valence-electron chi connectivity index (χ4n) is 2.54. The molecule has 5 heteroatoms. The second-order valence-corrected chi connectivity index (χ2v) is 5.94. The summed E-state index contributed by atoms with van der Waals surface area (Å²) in [6.45, 7) is 6.89. The van der Waals surface area contributed by atoms with Gasteiger partial charge in [0.05, 0.1) is 18.3 Å². The SMILES string of the molecule is CCc1cnn(C2CCN(C(=O)C(C)(C)C#N)CC2)c1. The van der Waals surface area contributed by atoms with Gasteiger partial charge in [-0.1, -0.05) is 6.92 Å². The van der Waals surface area contributed by atoms with E-state index in [1.54, 1.807) is 13.8 Å². The first-order valence-electron chi connectivity index (χ1n) is 7.21. The molecule has 1 aromatic rings. The maximum Gasteiger partial charge on any atom is 0.242 e. The zero-order valence-electron chi connectivity index (χ0n) is 12.5. The molecular formula is C15H22N4O. The second kappa shape index (κ2) is 5.66. The number of nitrogens with zero attached hydrogens (tertiary/aromatic N) is 4. The number of piperidine rings is 1. The minimum Gasteiger partial charge on any atom is -0.341 e. The molecule has 0 bridgehead atoms. The first-order valence-corrected chi connectivity index (χ1v) is 7.21. The molecule has 1 amide bonds. The Bertz CT molecular complexity index is 518. The molecule has 5 nitrogen and oxygen atoms in total. The molecule has 0 aliphatic carbocycles. The van der Waals surface area contributed by atoms with E-state index in [1.165, 1.54) is 5.56 Å². The zero-order chi connectivity index (χ0) is 14.8. The van der Waals surface area contributed by atoms with E-state index >= 15 is 0 Å². The van der Waals surface area contributed by atoms with Gasteiger partial charge in [-0.3, -0.25) is 9.48 Å². The highest BCUT2D eigenvalue weighted by Crippen LogP contribution is 2.26. The number of likely N-dealkylation sites (tertiary alicyclic amines) is 1. The van der Waals surface area contributed by atoms with E-state index in [2.05, 4.69) is 24.3 Å². The zero-order valence-corrected chi connectivity index (χ0v) is 12.5. The van der Waals surface area contributed by atoms with Crippen molar-refractivity contribution in [3.63, 3.8) is 0 Å². The quantitative estimate of drug-likeness (QED) is 0.848. The van der Waals surface area contributed by atoms with Crippen molar-refractivity contribution in [1.82, 2.24) is 14.7 Å². The normalized spacial score (nSPS) is 17.0. The van der Waals surface area contributed by atoms with Crippen LogP contribution in [0.15, 0.2) is 12.4 Å². The maximum atomic E-state index is 12.2. The average Bonchev–Trinajstić information content (AvgIpc) is 2.95. The van der Waals surface area contributed by atoms with Gasteiger partial charge in [-0.05, 0) is 38.7 Å². The van der Waals surface area contributed by atoms with Crippen LogP contribution < -0.4 is 0 Å². The van der Waals surface area contributed by atoms with Crippen LogP contribution in [-0.4, -0.2) is 33.7 Å². The Kier molecular flexibility index (Phi) is 4.12. The van der Waals surface area contributed by atoms with Gasteiger partial charge in [-0.15, -0.1) is 0 Å². The number of hydrogen-bond acceptors (Lipinski definition) is 3. The van der Waals surface area contributed by atoms with Crippen LogP contribution in [0, 0.1) is 16.7 Å². The fraction of sp³-hybridized carbons (Fsp3) is 0.667. The second-order valence-electron chi connectivity index (χ2n) is 5.94. The number of amides is 1. The number of nitriles is 1. The summed E-state index contributed by atoms with van der Waals surface area (Å²) in [6, 6.07) is 2.45. The van der Waals surface area contributed by atoms with Crippen LogP contribution in [0.5, 0.6) is 0 Å². The number of hydrogen-bond donors (Lipinski definition) is 0. The number of carbonyl (C=O) groups is 1. The molecule has 1 aliphatic heterocycles. The van der Waals surface area contributed by atoms with Crippen LogP contribution in [0.4, 0.5) is 0 Å². The molecule has 20 heavy (non-hydrogen) atoms. The molecule has 0 N–H and O–H groups in total. The van der Waals surface area contributed by atoms with Gasteiger partial charge >= 0.3 is 0 Å². The Labute approximate surface area is 120 Å². The van der Waals surface area contributed by atoms with Crippen molar-refractivity contribution in [2.45, 2.75) is 46.1 Å². The highest BCUT2D eigenvalue weighted by molar-refractivity contribution is 5.84. The maximum absolute atomic E-state index is 12.2. The summed E-state index contributed by atoms with van der Waals surface area (Å²) in [5.41, 5.74) is 0.322. The van der Waals surface area contributed by atoms with Gasteiger partial charge in [0.1, 0.15) is 5.41 Å². The van der Waals surface area contributed by atoms with Gasteiger partial charge in [0.2, 0.25) is 5.91 Å². The van der Waals surface area contributed by atoms with Crippen LogP contribution in [0.1, 0.15) is 45.2 Å². The smallest absolute Gasteiger partial charge is 0.242 e. The Hall–Kier alpha value is -1.83. The molecule has 108 valence electrons. The van der Waals surface area contributed by atoms with Crippen LogP contribution >= 0.6 is 0 Å². The van der Waals surface area contributed by atoms with E-state index in [1.807, 2.05) is 15.8 Å². The molecule has 2 rings (SSSR count). The van der Waals surface area contributed by atoms with Crippen molar-refractivity contribution in [1.29, 1.82) is 5.26 Å². The summed E-state index contributed by atoms with van der Waals surface area (Å²) in [7, 11) is 0. The van der Waals surface area contributed by atoms with Crippen LogP contribution in [0.3, 0.4) is 0 Å². The van der Waals surface area contributed by atoms with Gasteiger partial charge in [0.25, 0.3) is 0 Å². The number of aromatic nitrogens is 2. The number of carbonyl (C=O) groups excluding carboxylic acids is 1. The molecule has 1 aliphatic rings. The summed E-state index contributed by atoms with van der Waals surface area (Å²) in [6.07, 6.45) is 6.81. The lowest BCUT2D eigenvalue weighted by molar-refractivity contribution is -0.138. The van der Waals surface area contributed by atoms with Crippen LogP contribution in [-0.2, 0) is 11.2 Å². The first-order chi connectivity index (χ1) is 9.47. The molecule has 0 saturated carbocycles. The van der Waals surface area contributed by atoms with E-state index in [4.69, 9.17) is 5.26 Å². The summed E-state index contributed by atoms with van der Waals surface area (Å²) in [5.74, 6) is -0.0619. The van der Waals surface area contributed by atoms with Crippen molar-refractivity contribution in [3.8, 4) is 6.07 Å². The molecule has 0 atom stereocenters. The topological polar surface area (TPSA) is 61.9 Å². The van der Waals surface area contributed by atoms with Crippen LogP contribution in [0.2, 0.25) is 0 Å². The van der Waals surface area contributed by atoms with Crippen LogP contribution in [0.25, 0.3) is 0 Å². The Morgan fingerprint density at radius 2 is 2.15 bits per heavy atom. The number of aryl methyl sites for hydroxylation is 1. The minimum absolute atomic E-state index is 0.0619. The minimum atomic E-state index is -0.923. The molecule has 1 aromatic heterocycles. The predicted octanol–water partition coefficient (Wildman–Crippen LogP) is 2.16. The van der Waals surface area contributed by atoms with E-state index in [9.17, 15) is 4.79 Å². The Balaban J connectivity index is 1.96. The fourth-order valence-corrected chi connectivity index (χ4v) is 2.54. The third kappa shape index (κ3) is 2.84. The molecule has 0 radical (unpaired) electrons. The predicted molar refractivity (Wildman–Crippen MR) is 75.9 cm³/mol. The standard InChI is InChI=1S/C15H22N4O/c1-4-12-9-17-19(10-12)13-5-7-18(8-6-13)14(20)15(2,3)11-16/h9-10,13H,4-8H2,1-3H3. The van der Waals surface area contributed by atoms with E-state index < -0.39 is 5.41 Å². The van der Waals surface area contributed by atoms with E-state index in [0.29, 0.717) is 19.1 Å². The molecule has 0 aromatic carbocycles. The highest BCUT2D eigenvalue weighted by atomic mass is 16.2. The van der Waals surface area contributed by atoms with E-state index in [0.717, 1.165) is 19.3 Å². The molecule has 0 unspecified atom stereocenters. The molecule has 2 heterocycles. The summed E-state index contributed by atoms with van der Waals surface area (Å²) in [4.78, 5) is 14.0. The summed E-state index contributed by atoms with van der Waals surface area (Å²) >= 11 is 0. The lowest BCUT2D eigenvalue weighted by Gasteiger charge is -2.34. The highest BCUT2D eigenvalue weighted by Gasteiger charge is 2.34. The van der Waals surface area contributed by atoms with Gasteiger partial charge in [-0.2, -0.15) is 10.4 Å². The van der Waals surface area contributed by atoms with Gasteiger partial charge in [0, 0.05) is 19.3 Å². The monoisotopic (exact) mass is 274 g/mol. The van der Waals surface area contributed by atoms with Crippen molar-refractivity contribution < 1.29 is 4.79 Å². The average molecular weight is 274 g/mol. The Morgan fingerprint density at radius 3 is 2.65 bits per heavy atom.